The van der Waals surface area contributed by atoms with Crippen molar-refractivity contribution in [3.63, 3.8) is 0 Å². The van der Waals surface area contributed by atoms with E-state index in [1.165, 1.54) is 6.07 Å². The molecule has 0 aromatic carbocycles. The van der Waals surface area contributed by atoms with Crippen molar-refractivity contribution in [1.29, 1.82) is 0 Å². The molecule has 3 rings (SSSR count). The summed E-state index contributed by atoms with van der Waals surface area (Å²) in [5, 5.41) is 16.9. The number of nitrogens with two attached hydrogens (primary N) is 3. The third-order valence-electron chi connectivity index (χ3n) is 2.58. The fourth-order valence-electron chi connectivity index (χ4n) is 1.59. The Labute approximate surface area is 149 Å². The lowest BCUT2D eigenvalue weighted by Gasteiger charge is -2.02. The first-order valence-corrected chi connectivity index (χ1v) is 6.66. The normalized spacial score (nSPS) is 13.0. The molecule has 3 amide bonds. The second-order valence-corrected chi connectivity index (χ2v) is 4.50. The predicted molar refractivity (Wildman–Crippen MR) is 89.9 cm³/mol. The number of nitro groups is 1. The van der Waals surface area contributed by atoms with E-state index >= 15 is 0 Å². The monoisotopic (exact) mass is 382 g/mol. The van der Waals surface area contributed by atoms with Crippen LogP contribution in [0.3, 0.4) is 0 Å². The number of nitrogen functional groups attached to an aromatic ring is 3. The summed E-state index contributed by atoms with van der Waals surface area (Å²) < 4.78 is 4.78. The first-order chi connectivity index (χ1) is 12.2. The van der Waals surface area contributed by atoms with Crippen molar-refractivity contribution in [3.8, 4) is 0 Å². The van der Waals surface area contributed by atoms with Crippen LogP contribution in [0.15, 0.2) is 21.7 Å². The number of hydrogen-bond donors (Lipinski definition) is 4. The highest BCUT2D eigenvalue weighted by Gasteiger charge is 2.26. The second kappa shape index (κ2) is 8.67. The minimum Gasteiger partial charge on any atom is -0.412 e. The zero-order chi connectivity index (χ0) is 19.3. The summed E-state index contributed by atoms with van der Waals surface area (Å²) in [4.78, 5) is 42.0. The van der Waals surface area contributed by atoms with Crippen molar-refractivity contribution in [2.75, 3.05) is 23.7 Å². The van der Waals surface area contributed by atoms with Gasteiger partial charge in [0.15, 0.2) is 5.76 Å². The van der Waals surface area contributed by atoms with E-state index in [-0.39, 0.29) is 35.6 Å². The molecule has 2 aromatic heterocycles. The summed E-state index contributed by atoms with van der Waals surface area (Å²) in [6.07, 6.45) is 1.12. The van der Waals surface area contributed by atoms with Crippen LogP contribution in [-0.4, -0.2) is 55.1 Å². The lowest BCUT2D eigenvalue weighted by atomic mass is 10.5. The lowest BCUT2D eigenvalue weighted by Crippen LogP contribution is -2.24. The minimum absolute atomic E-state index is 0. The zero-order valence-electron chi connectivity index (χ0n) is 13.4. The van der Waals surface area contributed by atoms with E-state index in [1.54, 1.807) is 0 Å². The number of rotatable bonds is 3. The quantitative estimate of drug-likeness (QED) is 0.192. The van der Waals surface area contributed by atoms with Gasteiger partial charge < -0.3 is 27.1 Å². The highest BCUT2D eigenvalue weighted by molar-refractivity contribution is 6.02. The van der Waals surface area contributed by atoms with Gasteiger partial charge in [0, 0.05) is 0 Å². The van der Waals surface area contributed by atoms with Crippen LogP contribution < -0.4 is 22.5 Å². The molecule has 16 nitrogen and oxygen atoms in total. The number of hydrazone groups is 1. The van der Waals surface area contributed by atoms with Gasteiger partial charge in [0.2, 0.25) is 23.8 Å². The van der Waals surface area contributed by atoms with Crippen LogP contribution in [0.1, 0.15) is 5.76 Å². The van der Waals surface area contributed by atoms with Gasteiger partial charge in [0.1, 0.15) is 11.5 Å². The third kappa shape index (κ3) is 5.90. The van der Waals surface area contributed by atoms with Crippen LogP contribution in [0.2, 0.25) is 0 Å². The van der Waals surface area contributed by atoms with Crippen LogP contribution in [-0.2, 0) is 4.79 Å². The molecule has 1 aliphatic rings. The SMILES string of the molecule is Nc1nc(N)nc(N)n1.O.O=C1CN(/N=C/c2ccc([N+](=O)[O-])o2)C(=O)N1. The third-order valence-corrected chi connectivity index (χ3v) is 2.58. The summed E-state index contributed by atoms with van der Waals surface area (Å²) in [5.41, 5.74) is 15.4. The van der Waals surface area contributed by atoms with Gasteiger partial charge >= 0.3 is 11.9 Å². The number of hydrogen-bond acceptors (Lipinski definition) is 12. The van der Waals surface area contributed by atoms with Crippen molar-refractivity contribution >= 4 is 41.9 Å². The Bertz CT molecular complexity index is 830. The van der Waals surface area contributed by atoms with Crippen molar-refractivity contribution < 1.29 is 24.4 Å². The van der Waals surface area contributed by atoms with Crippen LogP contribution in [0.25, 0.3) is 0 Å². The first-order valence-electron chi connectivity index (χ1n) is 6.66. The van der Waals surface area contributed by atoms with Crippen molar-refractivity contribution in [1.82, 2.24) is 25.3 Å². The number of amides is 3. The first kappa shape index (κ1) is 20.7. The van der Waals surface area contributed by atoms with Crippen LogP contribution >= 0.6 is 0 Å². The molecule has 0 unspecified atom stereocenters. The van der Waals surface area contributed by atoms with Crippen LogP contribution in [0.5, 0.6) is 0 Å². The van der Waals surface area contributed by atoms with Gasteiger partial charge in [-0.1, -0.05) is 0 Å². The molecule has 27 heavy (non-hydrogen) atoms. The fourth-order valence-corrected chi connectivity index (χ4v) is 1.59. The number of urea groups is 1. The molecule has 3 heterocycles. The van der Waals surface area contributed by atoms with Crippen molar-refractivity contribution in [3.05, 3.63) is 28.0 Å². The number of aromatic nitrogens is 3. The zero-order valence-corrected chi connectivity index (χ0v) is 13.4. The van der Waals surface area contributed by atoms with E-state index in [0.29, 0.717) is 0 Å². The Morgan fingerprint density at radius 1 is 1.19 bits per heavy atom. The molecule has 1 aliphatic heterocycles. The Morgan fingerprint density at radius 2 is 1.74 bits per heavy atom. The second-order valence-electron chi connectivity index (χ2n) is 4.50. The highest BCUT2D eigenvalue weighted by Crippen LogP contribution is 2.14. The molecule has 1 saturated heterocycles. The molecule has 0 aliphatic carbocycles. The standard InChI is InChI=1S/C8H6N4O5.C3H6N6.H2O/c13-6-4-11(8(14)10-6)9-3-5-1-2-7(17-5)12(15)16;4-1-7-2(5)9-3(6)8-1;/h1-3H,4H2,(H,10,13,14);(H6,4,5,6,7,8,9);1H2/b9-3+;;. The summed E-state index contributed by atoms with van der Waals surface area (Å²) in [6.45, 7) is -0.182. The van der Waals surface area contributed by atoms with E-state index in [4.69, 9.17) is 21.6 Å². The average molecular weight is 382 g/mol. The molecule has 0 atom stereocenters. The van der Waals surface area contributed by atoms with Crippen molar-refractivity contribution in [2.45, 2.75) is 0 Å². The molecule has 9 N–H and O–H groups in total. The van der Waals surface area contributed by atoms with E-state index in [2.05, 4.69) is 20.1 Å². The van der Waals surface area contributed by atoms with Crippen LogP contribution in [0, 0.1) is 10.1 Å². The number of furan rings is 1. The molecule has 0 saturated carbocycles. The molecule has 16 heteroatoms. The number of anilines is 3. The molecular formula is C11H14N10O6. The Morgan fingerprint density at radius 3 is 2.15 bits per heavy atom. The summed E-state index contributed by atoms with van der Waals surface area (Å²) in [7, 11) is 0. The van der Waals surface area contributed by atoms with Crippen LogP contribution in [0.4, 0.5) is 28.5 Å². The maximum absolute atomic E-state index is 11.1. The van der Waals surface area contributed by atoms with E-state index in [0.717, 1.165) is 17.3 Å². The van der Waals surface area contributed by atoms with E-state index in [9.17, 15) is 19.7 Å². The topological polar surface area (TPSA) is 266 Å². The van der Waals surface area contributed by atoms with Gasteiger partial charge in [-0.15, -0.1) is 0 Å². The molecule has 0 radical (unpaired) electrons. The van der Waals surface area contributed by atoms with Gasteiger partial charge in [0.05, 0.1) is 12.3 Å². The van der Waals surface area contributed by atoms with Gasteiger partial charge in [-0.2, -0.15) is 20.1 Å². The average Bonchev–Trinajstić information content (AvgIpc) is 3.11. The number of nitrogens with one attached hydrogen (secondary N) is 1. The maximum atomic E-state index is 11.1. The summed E-state index contributed by atoms with van der Waals surface area (Å²) in [6, 6.07) is 1.85. The number of carbonyl (C=O) groups excluding carboxylic acids is 2. The molecular weight excluding hydrogens is 368 g/mol. The lowest BCUT2D eigenvalue weighted by molar-refractivity contribution is -0.402. The summed E-state index contributed by atoms with van der Waals surface area (Å²) in [5.74, 6) is -0.644. The smallest absolute Gasteiger partial charge is 0.412 e. The van der Waals surface area contributed by atoms with E-state index < -0.39 is 22.7 Å². The Hall–Kier alpha value is -4.34. The predicted octanol–water partition coefficient (Wildman–Crippen LogP) is -2.13. The summed E-state index contributed by atoms with van der Waals surface area (Å²) >= 11 is 0. The van der Waals surface area contributed by atoms with Gasteiger partial charge in [-0.25, -0.2) is 9.80 Å². The van der Waals surface area contributed by atoms with Gasteiger partial charge in [-0.05, 0) is 6.07 Å². The highest BCUT2D eigenvalue weighted by atomic mass is 16.6. The molecule has 2 aromatic rings. The molecule has 1 fully saturated rings. The number of carbonyl (C=O) groups is 2. The fraction of sp³-hybridized carbons (Fsp3) is 0.0909. The largest absolute Gasteiger partial charge is 0.433 e. The molecule has 0 spiro atoms. The Kier molecular flexibility index (Phi) is 6.65. The maximum Gasteiger partial charge on any atom is 0.433 e. The number of nitrogens with zero attached hydrogens (tertiary/aromatic N) is 6. The number of imide groups is 1. The Balaban J connectivity index is 0.000000310. The molecule has 144 valence electrons. The van der Waals surface area contributed by atoms with Gasteiger partial charge in [0.25, 0.3) is 0 Å². The van der Waals surface area contributed by atoms with E-state index in [1.807, 2.05) is 5.32 Å². The van der Waals surface area contributed by atoms with Gasteiger partial charge in [-0.3, -0.25) is 20.2 Å². The van der Waals surface area contributed by atoms with Crippen molar-refractivity contribution in [2.24, 2.45) is 5.10 Å². The molecule has 0 bridgehead atoms. The minimum atomic E-state index is -0.691.